The third-order valence-electron chi connectivity index (χ3n) is 4.26. The molecule has 1 aliphatic carbocycles. The summed E-state index contributed by atoms with van der Waals surface area (Å²) < 4.78 is 2.23. The number of hydrogen-bond donors (Lipinski definition) is 0. The van der Waals surface area contributed by atoms with E-state index < -0.39 is 0 Å². The van der Waals surface area contributed by atoms with Crippen LogP contribution in [0.25, 0.3) is 0 Å². The highest BCUT2D eigenvalue weighted by molar-refractivity contribution is 6.16. The normalized spacial score (nSPS) is 18.6. The van der Waals surface area contributed by atoms with Crippen molar-refractivity contribution in [3.05, 3.63) is 47.0 Å². The molecule has 21 heavy (non-hydrogen) atoms. The third kappa shape index (κ3) is 2.71. The summed E-state index contributed by atoms with van der Waals surface area (Å²) in [5.74, 6) is 2.81. The van der Waals surface area contributed by atoms with Crippen molar-refractivity contribution in [3.63, 3.8) is 0 Å². The quantitative estimate of drug-likeness (QED) is 0.784. The molecular weight excluding hydrogens is 282 g/mol. The zero-order valence-electron chi connectivity index (χ0n) is 12.9. The van der Waals surface area contributed by atoms with E-state index >= 15 is 0 Å². The van der Waals surface area contributed by atoms with Crippen LogP contribution in [0, 0.1) is 0 Å². The maximum Gasteiger partial charge on any atom is 0.148 e. The monoisotopic (exact) mass is 303 g/mol. The van der Waals surface area contributed by atoms with Crippen LogP contribution in [0.5, 0.6) is 0 Å². The van der Waals surface area contributed by atoms with Gasteiger partial charge in [-0.25, -0.2) is 0 Å². The van der Waals surface area contributed by atoms with Crippen LogP contribution in [0.1, 0.15) is 55.9 Å². The Balaban J connectivity index is 1.98. The predicted molar refractivity (Wildman–Crippen MR) is 85.8 cm³/mol. The SMILES string of the molecule is CC(C)(C)n1c(CCl)nnc1C1CCc2ccccc2C1. The van der Waals surface area contributed by atoms with Crippen LogP contribution in [-0.4, -0.2) is 14.8 Å². The molecule has 0 N–H and O–H groups in total. The number of aryl methyl sites for hydroxylation is 1. The van der Waals surface area contributed by atoms with Crippen molar-refractivity contribution >= 4 is 11.6 Å². The molecule has 1 aromatic carbocycles. The van der Waals surface area contributed by atoms with Gasteiger partial charge in [0.2, 0.25) is 0 Å². The van der Waals surface area contributed by atoms with Crippen molar-refractivity contribution < 1.29 is 0 Å². The lowest BCUT2D eigenvalue weighted by molar-refractivity contribution is 0.356. The van der Waals surface area contributed by atoms with Gasteiger partial charge in [-0.15, -0.1) is 21.8 Å². The molecule has 1 unspecified atom stereocenters. The second-order valence-electron chi connectivity index (χ2n) is 6.82. The molecule has 0 spiro atoms. The number of benzene rings is 1. The van der Waals surface area contributed by atoms with Gasteiger partial charge >= 0.3 is 0 Å². The smallest absolute Gasteiger partial charge is 0.148 e. The largest absolute Gasteiger partial charge is 0.308 e. The minimum atomic E-state index is -0.0416. The second kappa shape index (κ2) is 5.45. The summed E-state index contributed by atoms with van der Waals surface area (Å²) in [4.78, 5) is 0. The number of hydrogen-bond acceptors (Lipinski definition) is 2. The van der Waals surface area contributed by atoms with E-state index in [9.17, 15) is 0 Å². The van der Waals surface area contributed by atoms with Gasteiger partial charge in [-0.1, -0.05) is 24.3 Å². The van der Waals surface area contributed by atoms with Crippen LogP contribution in [0.4, 0.5) is 0 Å². The van der Waals surface area contributed by atoms with Crippen molar-refractivity contribution in [1.29, 1.82) is 0 Å². The van der Waals surface area contributed by atoms with Gasteiger partial charge in [-0.05, 0) is 51.2 Å². The zero-order chi connectivity index (χ0) is 15.0. The number of nitrogens with zero attached hydrogens (tertiary/aromatic N) is 3. The molecule has 0 radical (unpaired) electrons. The molecule has 0 saturated carbocycles. The first-order valence-electron chi connectivity index (χ1n) is 7.58. The van der Waals surface area contributed by atoms with E-state index in [1.165, 1.54) is 11.1 Å². The molecule has 2 aromatic rings. The van der Waals surface area contributed by atoms with Crippen LogP contribution in [0.2, 0.25) is 0 Å². The first kappa shape index (κ1) is 14.6. The van der Waals surface area contributed by atoms with Crippen LogP contribution in [0.15, 0.2) is 24.3 Å². The standard InChI is InChI=1S/C17H22ClN3/c1-17(2,3)21-15(11-18)19-20-16(21)14-9-8-12-6-4-5-7-13(12)10-14/h4-7,14H,8-11H2,1-3H3. The Labute approximate surface area is 131 Å². The van der Waals surface area contributed by atoms with Crippen molar-refractivity contribution in [2.45, 2.75) is 57.4 Å². The van der Waals surface area contributed by atoms with Gasteiger partial charge in [-0.3, -0.25) is 0 Å². The first-order valence-corrected chi connectivity index (χ1v) is 8.11. The van der Waals surface area contributed by atoms with Gasteiger partial charge in [0, 0.05) is 11.5 Å². The second-order valence-corrected chi connectivity index (χ2v) is 7.09. The highest BCUT2D eigenvalue weighted by Gasteiger charge is 2.29. The number of fused-ring (bicyclic) bond motifs is 1. The number of aromatic nitrogens is 3. The van der Waals surface area contributed by atoms with E-state index in [1.807, 2.05) is 0 Å². The summed E-state index contributed by atoms with van der Waals surface area (Å²) in [5, 5.41) is 8.79. The summed E-state index contributed by atoms with van der Waals surface area (Å²) in [7, 11) is 0. The fourth-order valence-corrected chi connectivity index (χ4v) is 3.50. The lowest BCUT2D eigenvalue weighted by Gasteiger charge is -2.30. The van der Waals surface area contributed by atoms with Crippen molar-refractivity contribution in [2.75, 3.05) is 0 Å². The Morgan fingerprint density at radius 3 is 2.57 bits per heavy atom. The number of rotatable bonds is 2. The van der Waals surface area contributed by atoms with Crippen LogP contribution in [0.3, 0.4) is 0 Å². The number of halogens is 1. The predicted octanol–water partition coefficient (Wildman–Crippen LogP) is 4.04. The van der Waals surface area contributed by atoms with Crippen LogP contribution in [-0.2, 0) is 24.3 Å². The topological polar surface area (TPSA) is 30.7 Å². The molecule has 1 aliphatic rings. The van der Waals surface area contributed by atoms with E-state index in [-0.39, 0.29) is 5.54 Å². The molecule has 0 aliphatic heterocycles. The minimum Gasteiger partial charge on any atom is -0.308 e. The summed E-state index contributed by atoms with van der Waals surface area (Å²) in [5.41, 5.74) is 2.89. The zero-order valence-corrected chi connectivity index (χ0v) is 13.7. The molecule has 1 atom stereocenters. The molecule has 0 saturated heterocycles. The lowest BCUT2D eigenvalue weighted by atomic mass is 9.83. The van der Waals surface area contributed by atoms with Gasteiger partial charge in [0.1, 0.15) is 11.6 Å². The van der Waals surface area contributed by atoms with E-state index in [2.05, 4.69) is 59.8 Å². The van der Waals surface area contributed by atoms with E-state index in [4.69, 9.17) is 11.6 Å². The van der Waals surface area contributed by atoms with Gasteiger partial charge in [0.05, 0.1) is 5.88 Å². The Kier molecular flexibility index (Phi) is 3.78. The Bertz CT molecular complexity index is 640. The van der Waals surface area contributed by atoms with E-state index in [0.717, 1.165) is 30.9 Å². The molecular formula is C17H22ClN3. The molecule has 112 valence electrons. The molecule has 4 heteroatoms. The first-order chi connectivity index (χ1) is 10.0. The van der Waals surface area contributed by atoms with Crippen LogP contribution >= 0.6 is 11.6 Å². The Hall–Kier alpha value is -1.35. The van der Waals surface area contributed by atoms with Gasteiger partial charge < -0.3 is 4.57 Å². The Morgan fingerprint density at radius 1 is 1.19 bits per heavy atom. The highest BCUT2D eigenvalue weighted by Crippen LogP contribution is 2.34. The molecule has 1 aromatic heterocycles. The van der Waals surface area contributed by atoms with Gasteiger partial charge in [0.25, 0.3) is 0 Å². The average Bonchev–Trinajstić information content (AvgIpc) is 2.91. The summed E-state index contributed by atoms with van der Waals surface area (Å²) >= 11 is 6.05. The summed E-state index contributed by atoms with van der Waals surface area (Å²) in [6.45, 7) is 6.56. The van der Waals surface area contributed by atoms with Gasteiger partial charge in [-0.2, -0.15) is 0 Å². The fraction of sp³-hybridized carbons (Fsp3) is 0.529. The molecule has 3 nitrogen and oxygen atoms in total. The van der Waals surface area contributed by atoms with Crippen LogP contribution < -0.4 is 0 Å². The summed E-state index contributed by atoms with van der Waals surface area (Å²) in [6.07, 6.45) is 3.30. The lowest BCUT2D eigenvalue weighted by Crippen LogP contribution is -2.28. The highest BCUT2D eigenvalue weighted by atomic mass is 35.5. The average molecular weight is 304 g/mol. The van der Waals surface area contributed by atoms with Gasteiger partial charge in [0.15, 0.2) is 0 Å². The minimum absolute atomic E-state index is 0.0416. The van der Waals surface area contributed by atoms with Crippen molar-refractivity contribution in [1.82, 2.24) is 14.8 Å². The maximum atomic E-state index is 6.05. The van der Waals surface area contributed by atoms with Crippen molar-refractivity contribution in [2.24, 2.45) is 0 Å². The fourth-order valence-electron chi connectivity index (χ4n) is 3.33. The maximum absolute atomic E-state index is 6.05. The third-order valence-corrected chi connectivity index (χ3v) is 4.50. The molecule has 0 amide bonds. The van der Waals surface area contributed by atoms with E-state index in [1.54, 1.807) is 0 Å². The molecule has 0 bridgehead atoms. The van der Waals surface area contributed by atoms with Crippen molar-refractivity contribution in [3.8, 4) is 0 Å². The number of alkyl halides is 1. The molecule has 0 fully saturated rings. The summed E-state index contributed by atoms with van der Waals surface area (Å²) in [6, 6.07) is 8.73. The van der Waals surface area contributed by atoms with E-state index in [0.29, 0.717) is 11.8 Å². The molecule has 3 rings (SSSR count). The Morgan fingerprint density at radius 2 is 1.90 bits per heavy atom. The molecule has 1 heterocycles.